The molecule has 1 atom stereocenters. The van der Waals surface area contributed by atoms with Gasteiger partial charge in [-0.15, -0.1) is 0 Å². The Kier molecular flexibility index (Phi) is 5.16. The fourth-order valence-electron chi connectivity index (χ4n) is 1.25. The molecule has 1 aromatic carbocycles. The number of hydrogen-bond acceptors (Lipinski definition) is 3. The molecule has 0 saturated carbocycles. The van der Waals surface area contributed by atoms with Crippen LogP contribution in [0.1, 0.15) is 15.9 Å². The van der Waals surface area contributed by atoms with Crippen LogP contribution in [0.4, 0.5) is 4.39 Å². The van der Waals surface area contributed by atoms with Crippen molar-refractivity contribution in [1.82, 2.24) is 0 Å². The normalized spacial score (nSPS) is 13.6. The largest absolute Gasteiger partial charge is 0.489 e. The van der Waals surface area contributed by atoms with Crippen molar-refractivity contribution in [2.24, 2.45) is 0 Å². The number of esters is 1. The van der Waals surface area contributed by atoms with Crippen LogP contribution in [0.2, 0.25) is 0 Å². The van der Waals surface area contributed by atoms with Gasteiger partial charge in [0, 0.05) is 5.56 Å². The number of carbonyl (C=O) groups is 1. The molecular formula is C12H11BrClFO3. The minimum Gasteiger partial charge on any atom is -0.489 e. The van der Waals surface area contributed by atoms with Gasteiger partial charge in [-0.25, -0.2) is 9.18 Å². The Labute approximate surface area is 118 Å². The summed E-state index contributed by atoms with van der Waals surface area (Å²) in [5.74, 6) is -0.393. The highest BCUT2D eigenvalue weighted by Gasteiger charge is 2.26. The Morgan fingerprint density at radius 2 is 2.33 bits per heavy atom. The number of hydrogen-bond donors (Lipinski definition) is 0. The van der Waals surface area contributed by atoms with Crippen molar-refractivity contribution in [3.05, 3.63) is 42.0 Å². The van der Waals surface area contributed by atoms with Crippen LogP contribution in [0.15, 0.2) is 30.9 Å². The lowest BCUT2D eigenvalue weighted by Crippen LogP contribution is -2.08. The first-order chi connectivity index (χ1) is 8.40. The number of rotatable bonds is 5. The fourth-order valence-corrected chi connectivity index (χ4v) is 1.61. The number of carbonyl (C=O) groups excluding carboxylic acids is 1. The van der Waals surface area contributed by atoms with Gasteiger partial charge < -0.3 is 9.47 Å². The number of ether oxygens (including phenoxy) is 2. The molecule has 0 aliphatic heterocycles. The summed E-state index contributed by atoms with van der Waals surface area (Å²) in [5, 5.41) is 0. The number of methoxy groups -OCH3 is 1. The molecule has 0 saturated heterocycles. The van der Waals surface area contributed by atoms with E-state index in [1.54, 1.807) is 0 Å². The van der Waals surface area contributed by atoms with Crippen molar-refractivity contribution in [3.63, 3.8) is 0 Å². The zero-order chi connectivity index (χ0) is 13.8. The lowest BCUT2D eigenvalue weighted by Gasteiger charge is -2.14. The van der Waals surface area contributed by atoms with Crippen LogP contribution in [-0.2, 0) is 8.77 Å². The Morgan fingerprint density at radius 3 is 2.83 bits per heavy atom. The molecular weight excluding hydrogens is 326 g/mol. The maximum absolute atomic E-state index is 13.5. The molecule has 0 N–H and O–H groups in total. The maximum atomic E-state index is 13.5. The van der Waals surface area contributed by atoms with E-state index in [0.29, 0.717) is 0 Å². The molecule has 0 heterocycles. The van der Waals surface area contributed by atoms with E-state index in [4.69, 9.17) is 16.3 Å². The molecule has 0 radical (unpaired) electrons. The predicted molar refractivity (Wildman–Crippen MR) is 71.0 cm³/mol. The van der Waals surface area contributed by atoms with Gasteiger partial charge in [0.2, 0.25) is 0 Å². The van der Waals surface area contributed by atoms with Gasteiger partial charge in [0.15, 0.2) is 0 Å². The summed E-state index contributed by atoms with van der Waals surface area (Å²) in [6.07, 6.45) is 1.51. The number of alkyl halides is 3. The highest BCUT2D eigenvalue weighted by molar-refractivity contribution is 9.10. The third-order valence-corrected chi connectivity index (χ3v) is 2.75. The van der Waals surface area contributed by atoms with Crippen LogP contribution >= 0.6 is 27.5 Å². The second kappa shape index (κ2) is 6.20. The number of halogens is 3. The van der Waals surface area contributed by atoms with Gasteiger partial charge >= 0.3 is 5.97 Å². The molecule has 1 unspecified atom stereocenters. The average molecular weight is 338 g/mol. The number of benzene rings is 1. The Hall–Kier alpha value is -1.07. The second-order valence-corrected chi connectivity index (χ2v) is 5.37. The van der Waals surface area contributed by atoms with Crippen molar-refractivity contribution >= 4 is 33.5 Å². The van der Waals surface area contributed by atoms with Crippen molar-refractivity contribution in [2.45, 2.75) is 4.04 Å². The summed E-state index contributed by atoms with van der Waals surface area (Å²) in [7, 11) is 1.25. The molecule has 18 heavy (non-hydrogen) atoms. The van der Waals surface area contributed by atoms with E-state index >= 15 is 0 Å². The van der Waals surface area contributed by atoms with E-state index in [0.717, 1.165) is 0 Å². The zero-order valence-corrected chi connectivity index (χ0v) is 11.9. The summed E-state index contributed by atoms with van der Waals surface area (Å²) in [6.45, 7) is 3.67. The van der Waals surface area contributed by atoms with Gasteiger partial charge in [0.05, 0.1) is 7.11 Å². The molecule has 1 rings (SSSR count). The van der Waals surface area contributed by atoms with Crippen molar-refractivity contribution < 1.29 is 18.7 Å². The monoisotopic (exact) mass is 336 g/mol. The predicted octanol–water partition coefficient (Wildman–Crippen LogP) is 3.75. The lowest BCUT2D eigenvalue weighted by atomic mass is 10.1. The lowest BCUT2D eigenvalue weighted by molar-refractivity contribution is 0.0596. The van der Waals surface area contributed by atoms with Crippen molar-refractivity contribution in [1.29, 1.82) is 0 Å². The first kappa shape index (κ1) is 15.0. The molecule has 1 aromatic rings. The van der Waals surface area contributed by atoms with E-state index in [2.05, 4.69) is 27.2 Å². The van der Waals surface area contributed by atoms with E-state index < -0.39 is 10.0 Å². The quantitative estimate of drug-likeness (QED) is 0.466. The zero-order valence-electron chi connectivity index (χ0n) is 9.58. The Bertz CT molecular complexity index is 457. The van der Waals surface area contributed by atoms with Crippen molar-refractivity contribution in [3.8, 4) is 5.75 Å². The van der Waals surface area contributed by atoms with Crippen LogP contribution in [0.5, 0.6) is 5.75 Å². The van der Waals surface area contributed by atoms with Crippen molar-refractivity contribution in [2.75, 3.05) is 13.7 Å². The molecule has 0 aliphatic carbocycles. The van der Waals surface area contributed by atoms with Gasteiger partial charge in [-0.1, -0.05) is 30.3 Å². The summed E-state index contributed by atoms with van der Waals surface area (Å²) >= 11 is 8.16. The van der Waals surface area contributed by atoms with Gasteiger partial charge in [0.25, 0.3) is 4.04 Å². The Morgan fingerprint density at radius 1 is 1.67 bits per heavy atom. The van der Waals surface area contributed by atoms with Crippen LogP contribution in [-0.4, -0.2) is 19.7 Å². The van der Waals surface area contributed by atoms with Crippen LogP contribution in [0.3, 0.4) is 0 Å². The van der Waals surface area contributed by atoms with Gasteiger partial charge in [-0.2, -0.15) is 0 Å². The van der Waals surface area contributed by atoms with Gasteiger partial charge in [-0.3, -0.25) is 0 Å². The van der Waals surface area contributed by atoms with E-state index in [1.165, 1.54) is 31.4 Å². The highest BCUT2D eigenvalue weighted by atomic mass is 79.9. The average Bonchev–Trinajstić information content (AvgIpc) is 2.34. The van der Waals surface area contributed by atoms with Gasteiger partial charge in [-0.05, 0) is 28.1 Å². The summed E-state index contributed by atoms with van der Waals surface area (Å²) in [6, 6.07) is 4.09. The standard InChI is InChI=1S/C12H11BrClFO3/c1-3-6-18-10-7-8(12(13,14)15)4-5-9(10)11(16)17-2/h3-5,7H,1,6H2,2H3. The van der Waals surface area contributed by atoms with Crippen LogP contribution in [0, 0.1) is 0 Å². The minimum absolute atomic E-state index is 0.121. The SMILES string of the molecule is C=CCOc1cc(C(F)(Cl)Br)ccc1C(=O)OC. The molecule has 0 aromatic heterocycles. The first-order valence-corrected chi connectivity index (χ1v) is 6.10. The van der Waals surface area contributed by atoms with Gasteiger partial charge in [0.1, 0.15) is 17.9 Å². The summed E-state index contributed by atoms with van der Waals surface area (Å²) in [4.78, 5) is 11.5. The molecule has 98 valence electrons. The molecule has 0 amide bonds. The Balaban J connectivity index is 3.20. The topological polar surface area (TPSA) is 35.5 Å². The van der Waals surface area contributed by atoms with E-state index in [9.17, 15) is 9.18 Å². The highest BCUT2D eigenvalue weighted by Crippen LogP contribution is 2.39. The second-order valence-electron chi connectivity index (χ2n) is 3.30. The smallest absolute Gasteiger partial charge is 0.341 e. The summed E-state index contributed by atoms with van der Waals surface area (Å²) < 4.78 is 21.2. The van der Waals surface area contributed by atoms with Crippen LogP contribution in [0.25, 0.3) is 0 Å². The molecule has 3 nitrogen and oxygen atoms in total. The first-order valence-electron chi connectivity index (χ1n) is 4.93. The molecule has 6 heteroatoms. The summed E-state index contributed by atoms with van der Waals surface area (Å²) in [5.41, 5.74) is 0.312. The third-order valence-electron chi connectivity index (χ3n) is 2.07. The third kappa shape index (κ3) is 3.71. The van der Waals surface area contributed by atoms with E-state index in [-0.39, 0.29) is 23.5 Å². The fraction of sp³-hybridized carbons (Fsp3) is 0.250. The maximum Gasteiger partial charge on any atom is 0.341 e. The van der Waals surface area contributed by atoms with Crippen LogP contribution < -0.4 is 4.74 Å². The molecule has 0 aliphatic rings. The molecule has 0 bridgehead atoms. The molecule has 0 fully saturated rings. The minimum atomic E-state index is -2.21. The van der Waals surface area contributed by atoms with E-state index in [1.807, 2.05) is 0 Å². The molecule has 0 spiro atoms.